The molecular formula is C21H46N2O3. The molecule has 0 bridgehead atoms. The van der Waals surface area contributed by atoms with E-state index in [1.807, 2.05) is 0 Å². The third-order valence-electron chi connectivity index (χ3n) is 5.94. The van der Waals surface area contributed by atoms with Crippen molar-refractivity contribution in [3.63, 3.8) is 0 Å². The molecule has 0 aromatic heterocycles. The van der Waals surface area contributed by atoms with Crippen molar-refractivity contribution >= 4 is 0 Å². The van der Waals surface area contributed by atoms with Crippen molar-refractivity contribution in [2.24, 2.45) is 22.8 Å². The largest absolute Gasteiger partial charge is 0.396 e. The summed E-state index contributed by atoms with van der Waals surface area (Å²) in [6.07, 6.45) is 13.9. The number of aliphatic hydroxyl groups excluding tert-OH is 3. The molecule has 0 saturated carbocycles. The predicted molar refractivity (Wildman–Crippen MR) is 110 cm³/mol. The molecule has 0 spiro atoms. The first-order valence-corrected chi connectivity index (χ1v) is 10.9. The van der Waals surface area contributed by atoms with Crippen molar-refractivity contribution < 1.29 is 15.3 Å². The summed E-state index contributed by atoms with van der Waals surface area (Å²) in [4.78, 5) is 0. The van der Waals surface area contributed by atoms with Gasteiger partial charge in [-0.15, -0.1) is 0 Å². The van der Waals surface area contributed by atoms with Gasteiger partial charge in [0.15, 0.2) is 0 Å². The molecule has 0 rings (SSSR count). The van der Waals surface area contributed by atoms with Crippen LogP contribution in [0.1, 0.15) is 90.4 Å². The van der Waals surface area contributed by atoms with Gasteiger partial charge in [0.25, 0.3) is 0 Å². The molecule has 0 fully saturated rings. The van der Waals surface area contributed by atoms with Crippen LogP contribution in [0, 0.1) is 11.3 Å². The highest BCUT2D eigenvalue weighted by atomic mass is 16.3. The average molecular weight is 375 g/mol. The van der Waals surface area contributed by atoms with Gasteiger partial charge in [0.1, 0.15) is 0 Å². The second-order valence-electron chi connectivity index (χ2n) is 7.98. The standard InChI is InChI=1S/C21H46N2O3/c1-2-3-4-5-6-7-8-9-10-19(11-14-24)21(12-15-25,13-16-26)17-20(23)18-22/h19-20,24-26H,2-18,22-23H2,1H3. The lowest BCUT2D eigenvalue weighted by Gasteiger charge is -2.42. The Bertz CT molecular complexity index is 297. The normalized spacial score (nSPS) is 14.5. The van der Waals surface area contributed by atoms with Gasteiger partial charge >= 0.3 is 0 Å². The summed E-state index contributed by atoms with van der Waals surface area (Å²) in [7, 11) is 0. The van der Waals surface area contributed by atoms with Gasteiger partial charge in [0.05, 0.1) is 0 Å². The maximum atomic E-state index is 9.63. The van der Waals surface area contributed by atoms with Crippen molar-refractivity contribution in [3.8, 4) is 0 Å². The van der Waals surface area contributed by atoms with Gasteiger partial charge in [-0.05, 0) is 43.4 Å². The minimum absolute atomic E-state index is 0.0800. The van der Waals surface area contributed by atoms with E-state index in [9.17, 15) is 15.3 Å². The monoisotopic (exact) mass is 374 g/mol. The van der Waals surface area contributed by atoms with Crippen LogP contribution in [0.2, 0.25) is 0 Å². The van der Waals surface area contributed by atoms with Gasteiger partial charge in [-0.25, -0.2) is 0 Å². The van der Waals surface area contributed by atoms with Gasteiger partial charge < -0.3 is 26.8 Å². The van der Waals surface area contributed by atoms with E-state index in [4.69, 9.17) is 11.5 Å². The number of hydrogen-bond donors (Lipinski definition) is 5. The molecule has 26 heavy (non-hydrogen) atoms. The third kappa shape index (κ3) is 10.8. The first-order chi connectivity index (χ1) is 12.6. The van der Waals surface area contributed by atoms with E-state index in [2.05, 4.69) is 6.92 Å². The molecule has 5 heteroatoms. The molecule has 0 saturated heterocycles. The molecule has 7 N–H and O–H groups in total. The van der Waals surface area contributed by atoms with Crippen LogP contribution in [-0.2, 0) is 0 Å². The van der Waals surface area contributed by atoms with Crippen LogP contribution in [0.4, 0.5) is 0 Å². The Morgan fingerprint density at radius 3 is 1.77 bits per heavy atom. The number of nitrogens with two attached hydrogens (primary N) is 2. The summed E-state index contributed by atoms with van der Waals surface area (Å²) in [6, 6.07) is -0.132. The zero-order valence-electron chi connectivity index (χ0n) is 17.2. The lowest BCUT2D eigenvalue weighted by Crippen LogP contribution is -2.42. The molecule has 0 aromatic carbocycles. The SMILES string of the molecule is CCCCCCCCCCC(CCO)C(CCO)(CCO)CC(N)CN. The quantitative estimate of drug-likeness (QED) is 0.223. The van der Waals surface area contributed by atoms with Crippen molar-refractivity contribution in [3.05, 3.63) is 0 Å². The summed E-state index contributed by atoms with van der Waals surface area (Å²) < 4.78 is 0. The van der Waals surface area contributed by atoms with Crippen molar-refractivity contribution in [1.29, 1.82) is 0 Å². The molecule has 0 aliphatic rings. The van der Waals surface area contributed by atoms with E-state index in [-0.39, 0.29) is 37.2 Å². The van der Waals surface area contributed by atoms with E-state index >= 15 is 0 Å². The summed E-state index contributed by atoms with van der Waals surface area (Å²) >= 11 is 0. The Morgan fingerprint density at radius 2 is 1.31 bits per heavy atom. The number of aliphatic hydroxyl groups is 3. The molecule has 5 nitrogen and oxygen atoms in total. The fourth-order valence-electron chi connectivity index (χ4n) is 4.39. The van der Waals surface area contributed by atoms with E-state index in [1.54, 1.807) is 0 Å². The maximum Gasteiger partial charge on any atom is 0.0436 e. The minimum atomic E-state index is -0.230. The predicted octanol–water partition coefficient (Wildman–Crippen LogP) is 2.94. The molecule has 158 valence electrons. The van der Waals surface area contributed by atoms with Crippen molar-refractivity contribution in [1.82, 2.24) is 0 Å². The Balaban J connectivity index is 4.66. The summed E-state index contributed by atoms with van der Waals surface area (Å²) in [5.74, 6) is 0.268. The summed E-state index contributed by atoms with van der Waals surface area (Å²) in [5, 5.41) is 28.8. The molecule has 2 atom stereocenters. The molecular weight excluding hydrogens is 328 g/mol. The molecule has 0 heterocycles. The number of unbranched alkanes of at least 4 members (excludes halogenated alkanes) is 7. The lowest BCUT2D eigenvalue weighted by molar-refractivity contribution is 0.0354. The van der Waals surface area contributed by atoms with Crippen LogP contribution < -0.4 is 11.5 Å². The second-order valence-corrected chi connectivity index (χ2v) is 7.98. The highest BCUT2D eigenvalue weighted by molar-refractivity contribution is 4.90. The van der Waals surface area contributed by atoms with Gasteiger partial charge in [0, 0.05) is 32.4 Å². The van der Waals surface area contributed by atoms with E-state index in [1.165, 1.54) is 44.9 Å². The topological polar surface area (TPSA) is 113 Å². The average Bonchev–Trinajstić information content (AvgIpc) is 2.63. The van der Waals surface area contributed by atoms with Crippen molar-refractivity contribution in [2.75, 3.05) is 26.4 Å². The number of rotatable bonds is 19. The zero-order valence-corrected chi connectivity index (χ0v) is 17.2. The van der Waals surface area contributed by atoms with Crippen LogP contribution in [-0.4, -0.2) is 47.7 Å². The Kier molecular flexibility index (Phi) is 16.8. The van der Waals surface area contributed by atoms with E-state index in [0.717, 1.165) is 12.8 Å². The first-order valence-electron chi connectivity index (χ1n) is 10.9. The van der Waals surface area contributed by atoms with E-state index in [0.29, 0.717) is 32.2 Å². The summed E-state index contributed by atoms with van der Waals surface area (Å²) in [6.45, 7) is 2.94. The van der Waals surface area contributed by atoms with Gasteiger partial charge in [-0.2, -0.15) is 0 Å². The van der Waals surface area contributed by atoms with Crippen LogP contribution in [0.25, 0.3) is 0 Å². The van der Waals surface area contributed by atoms with Crippen LogP contribution in [0.3, 0.4) is 0 Å². The third-order valence-corrected chi connectivity index (χ3v) is 5.94. The van der Waals surface area contributed by atoms with E-state index < -0.39 is 0 Å². The Hall–Kier alpha value is -0.200. The molecule has 0 aliphatic heterocycles. The molecule has 2 unspecified atom stereocenters. The van der Waals surface area contributed by atoms with Crippen LogP contribution >= 0.6 is 0 Å². The smallest absolute Gasteiger partial charge is 0.0436 e. The molecule has 0 amide bonds. The number of hydrogen-bond acceptors (Lipinski definition) is 5. The second kappa shape index (κ2) is 16.9. The molecule has 0 aliphatic carbocycles. The first kappa shape index (κ1) is 25.8. The van der Waals surface area contributed by atoms with Gasteiger partial charge in [0.2, 0.25) is 0 Å². The summed E-state index contributed by atoms with van der Waals surface area (Å²) in [5.41, 5.74) is 11.6. The molecule has 0 radical (unpaired) electrons. The molecule has 0 aromatic rings. The fraction of sp³-hybridized carbons (Fsp3) is 1.00. The lowest BCUT2D eigenvalue weighted by atomic mass is 9.64. The Labute approximate surface area is 161 Å². The van der Waals surface area contributed by atoms with Crippen LogP contribution in [0.15, 0.2) is 0 Å². The fourth-order valence-corrected chi connectivity index (χ4v) is 4.39. The van der Waals surface area contributed by atoms with Gasteiger partial charge in [-0.1, -0.05) is 58.3 Å². The van der Waals surface area contributed by atoms with Crippen LogP contribution in [0.5, 0.6) is 0 Å². The zero-order chi connectivity index (χ0) is 19.7. The van der Waals surface area contributed by atoms with Crippen molar-refractivity contribution in [2.45, 2.75) is 96.4 Å². The minimum Gasteiger partial charge on any atom is -0.396 e. The highest BCUT2D eigenvalue weighted by Crippen LogP contribution is 2.44. The van der Waals surface area contributed by atoms with Gasteiger partial charge in [-0.3, -0.25) is 0 Å². The maximum absolute atomic E-state index is 9.63. The highest BCUT2D eigenvalue weighted by Gasteiger charge is 2.38. The Morgan fingerprint density at radius 1 is 0.769 bits per heavy atom.